The van der Waals surface area contributed by atoms with Gasteiger partial charge in [-0.2, -0.15) is 0 Å². The number of nitrogens with two attached hydrogens (primary N) is 1. The molecule has 0 unspecified atom stereocenters. The van der Waals surface area contributed by atoms with Crippen LogP contribution in [0.15, 0.2) is 60.2 Å². The van der Waals surface area contributed by atoms with Gasteiger partial charge in [0.1, 0.15) is 12.8 Å². The van der Waals surface area contributed by atoms with Crippen LogP contribution in [0.5, 0.6) is 0 Å². The van der Waals surface area contributed by atoms with E-state index in [2.05, 4.69) is 0 Å². The van der Waals surface area contributed by atoms with E-state index in [9.17, 15) is 14.7 Å². The molecule has 0 bridgehead atoms. The summed E-state index contributed by atoms with van der Waals surface area (Å²) in [6, 6.07) is 11.6. The zero-order chi connectivity index (χ0) is 31.2. The molecule has 1 aromatic heterocycles. The Balaban J connectivity index is 1.24. The lowest BCUT2D eigenvalue weighted by Crippen LogP contribution is -2.70. The third kappa shape index (κ3) is 3.90. The topological polar surface area (TPSA) is 108 Å². The first kappa shape index (κ1) is 29.9. The lowest BCUT2D eigenvalue weighted by molar-refractivity contribution is -0.235. The van der Waals surface area contributed by atoms with Crippen LogP contribution in [0.1, 0.15) is 54.7 Å². The highest BCUT2D eigenvalue weighted by Gasteiger charge is 2.80. The number of rotatable bonds is 6. The molecule has 0 spiro atoms. The molecule has 0 radical (unpaired) electrons. The molecule has 1 aliphatic heterocycles. The predicted molar refractivity (Wildman–Crippen MR) is 160 cm³/mol. The molecule has 3 N–H and O–H groups in total. The number of benzene rings is 1. The molecule has 1 aromatic carbocycles. The van der Waals surface area contributed by atoms with E-state index in [1.807, 2.05) is 43.3 Å². The molecule has 3 saturated carbocycles. The number of nitrogen functional groups attached to an aromatic ring is 1. The van der Waals surface area contributed by atoms with E-state index < -0.39 is 64.4 Å². The number of fused-ring (bicyclic) bond motifs is 7. The van der Waals surface area contributed by atoms with E-state index >= 15 is 8.78 Å². The van der Waals surface area contributed by atoms with E-state index in [-0.39, 0.29) is 37.2 Å². The number of alkyl halides is 2. The standard InChI is InChI=1S/C34H37F2NO6S/c1-31-10-9-20(38)13-24(31)25(35)14-23-22-15-29-34(28(40)17-41-3,32(22,2)16-27(39)33(23,31)36)43-30(42-29)26-8-7-21(44-26)12-18-5-4-6-19(37)11-18/h4-11,13,22-23,25,27,29-30,39H,12,14-17,37H2,1-3H3/t22-,23-,25-,27-,29+,30-,31-,32-,33-,34+/m0/s1. The molecule has 5 aliphatic rings. The normalized spacial score (nSPS) is 42.3. The van der Waals surface area contributed by atoms with Gasteiger partial charge in [0.2, 0.25) is 0 Å². The van der Waals surface area contributed by atoms with E-state index in [1.54, 1.807) is 6.92 Å². The summed E-state index contributed by atoms with van der Waals surface area (Å²) in [5.41, 5.74) is 1.41. The van der Waals surface area contributed by atoms with Gasteiger partial charge < -0.3 is 25.1 Å². The number of hydrogen-bond donors (Lipinski definition) is 2. The Morgan fingerprint density at radius 1 is 1.20 bits per heavy atom. The van der Waals surface area contributed by atoms with Crippen molar-refractivity contribution in [3.8, 4) is 0 Å². The number of methoxy groups -OCH3 is 1. The molecule has 10 heteroatoms. The molecule has 44 heavy (non-hydrogen) atoms. The Labute approximate surface area is 259 Å². The number of aliphatic hydroxyl groups excluding tert-OH is 1. The van der Waals surface area contributed by atoms with Crippen LogP contribution in [-0.4, -0.2) is 60.0 Å². The predicted octanol–water partition coefficient (Wildman–Crippen LogP) is 5.22. The zero-order valence-corrected chi connectivity index (χ0v) is 25.7. The Morgan fingerprint density at radius 3 is 2.75 bits per heavy atom. The maximum Gasteiger partial charge on any atom is 0.194 e. The third-order valence-electron chi connectivity index (χ3n) is 11.3. The van der Waals surface area contributed by atoms with Gasteiger partial charge in [-0.1, -0.05) is 25.1 Å². The van der Waals surface area contributed by atoms with Crippen molar-refractivity contribution in [1.82, 2.24) is 0 Å². The first-order valence-corrected chi connectivity index (χ1v) is 15.9. The van der Waals surface area contributed by atoms with Crippen LogP contribution < -0.4 is 5.73 Å². The first-order chi connectivity index (χ1) is 20.9. The number of allylic oxidation sites excluding steroid dienone is 4. The van der Waals surface area contributed by atoms with Gasteiger partial charge in [0.05, 0.1) is 17.1 Å². The minimum Gasteiger partial charge on any atom is -0.399 e. The van der Waals surface area contributed by atoms with E-state index in [1.165, 1.54) is 36.7 Å². The van der Waals surface area contributed by atoms with Gasteiger partial charge in [-0.3, -0.25) is 9.59 Å². The molecule has 4 fully saturated rings. The van der Waals surface area contributed by atoms with Gasteiger partial charge in [-0.05, 0) is 79.7 Å². The largest absolute Gasteiger partial charge is 0.399 e. The molecule has 2 aromatic rings. The summed E-state index contributed by atoms with van der Waals surface area (Å²) >= 11 is 1.52. The minimum atomic E-state index is -2.25. The van der Waals surface area contributed by atoms with Crippen molar-refractivity contribution in [1.29, 1.82) is 0 Å². The van der Waals surface area contributed by atoms with Crippen molar-refractivity contribution < 1.29 is 37.7 Å². The zero-order valence-electron chi connectivity index (χ0n) is 24.9. The van der Waals surface area contributed by atoms with Gasteiger partial charge in [-0.15, -0.1) is 11.3 Å². The summed E-state index contributed by atoms with van der Waals surface area (Å²) in [5.74, 6) is -2.21. The first-order valence-electron chi connectivity index (χ1n) is 15.1. The number of Topliss-reactive ketones (excluding diaryl/α,β-unsaturated/α-hetero) is 1. The number of ether oxygens (including phenoxy) is 3. The fraction of sp³-hybridized carbons (Fsp3) is 0.529. The summed E-state index contributed by atoms with van der Waals surface area (Å²) in [7, 11) is 1.43. The average molecular weight is 626 g/mol. The number of hydrogen-bond acceptors (Lipinski definition) is 8. The van der Waals surface area contributed by atoms with Crippen LogP contribution in [0, 0.1) is 22.7 Å². The van der Waals surface area contributed by atoms with Crippen molar-refractivity contribution in [3.05, 3.63) is 75.5 Å². The van der Waals surface area contributed by atoms with Crippen molar-refractivity contribution in [3.63, 3.8) is 0 Å². The Kier molecular flexibility index (Phi) is 6.88. The highest BCUT2D eigenvalue weighted by molar-refractivity contribution is 7.12. The number of carbonyl (C=O) groups is 2. The highest BCUT2D eigenvalue weighted by Crippen LogP contribution is 2.72. The second-order valence-electron chi connectivity index (χ2n) is 13.5. The molecule has 7 nitrogen and oxygen atoms in total. The molecule has 7 rings (SSSR count). The van der Waals surface area contributed by atoms with Crippen molar-refractivity contribution in [2.45, 2.75) is 75.5 Å². The van der Waals surface area contributed by atoms with Crippen molar-refractivity contribution >= 4 is 28.6 Å². The maximum atomic E-state index is 17.6. The van der Waals surface area contributed by atoms with E-state index in [0.29, 0.717) is 12.1 Å². The SMILES string of the molecule is COCC(=O)[C@@]12O[C@@H](c3ccc(Cc4cccc(N)c4)s3)O[C@@H]1C[C@H]1[C@@H]3C[C@H](F)C4=CC(=O)C=C[C@]4(C)[C@@]3(F)[C@@H](O)C[C@@]12C. The molecule has 2 heterocycles. The smallest absolute Gasteiger partial charge is 0.194 e. The monoisotopic (exact) mass is 625 g/mol. The third-order valence-corrected chi connectivity index (χ3v) is 12.4. The van der Waals surface area contributed by atoms with Crippen LogP contribution in [0.2, 0.25) is 0 Å². The highest BCUT2D eigenvalue weighted by atomic mass is 32.1. The Morgan fingerprint density at radius 2 is 2.00 bits per heavy atom. The minimum absolute atomic E-state index is 0.0639. The lowest BCUT2D eigenvalue weighted by Gasteiger charge is -2.63. The second kappa shape index (κ2) is 10.1. The number of halogens is 2. The summed E-state index contributed by atoms with van der Waals surface area (Å²) in [5, 5.41) is 11.7. The second-order valence-corrected chi connectivity index (χ2v) is 14.7. The summed E-state index contributed by atoms with van der Waals surface area (Å²) < 4.78 is 52.0. The number of thiophene rings is 1. The van der Waals surface area contributed by atoms with Gasteiger partial charge in [0.25, 0.3) is 0 Å². The Hall–Kier alpha value is -2.76. The summed E-state index contributed by atoms with van der Waals surface area (Å²) in [6.45, 7) is 3.17. The fourth-order valence-corrected chi connectivity index (χ4v) is 10.3. The van der Waals surface area contributed by atoms with Crippen molar-refractivity contribution in [2.24, 2.45) is 22.7 Å². The van der Waals surface area contributed by atoms with Crippen LogP contribution >= 0.6 is 11.3 Å². The van der Waals surface area contributed by atoms with Crippen LogP contribution in [0.25, 0.3) is 0 Å². The number of carbonyl (C=O) groups excluding carboxylic acids is 2. The fourth-order valence-electron chi connectivity index (χ4n) is 9.33. The van der Waals surface area contributed by atoms with Gasteiger partial charge >= 0.3 is 0 Å². The maximum absolute atomic E-state index is 17.6. The Bertz CT molecular complexity index is 1590. The summed E-state index contributed by atoms with van der Waals surface area (Å²) in [6.07, 6.45) is -0.228. The van der Waals surface area contributed by atoms with Crippen LogP contribution in [0.4, 0.5) is 14.5 Å². The van der Waals surface area contributed by atoms with Crippen LogP contribution in [-0.2, 0) is 30.2 Å². The summed E-state index contributed by atoms with van der Waals surface area (Å²) in [4.78, 5) is 28.1. The molecule has 10 atom stereocenters. The van der Waals surface area contributed by atoms with Gasteiger partial charge in [0, 0.05) is 40.8 Å². The number of anilines is 1. The van der Waals surface area contributed by atoms with Crippen molar-refractivity contribution in [2.75, 3.05) is 19.5 Å². The van der Waals surface area contributed by atoms with E-state index in [0.717, 1.165) is 15.3 Å². The number of ketones is 2. The molecule has 4 aliphatic carbocycles. The molecule has 0 amide bonds. The van der Waals surface area contributed by atoms with E-state index in [4.69, 9.17) is 19.9 Å². The lowest BCUT2D eigenvalue weighted by atomic mass is 9.44. The molecule has 1 saturated heterocycles. The van der Waals surface area contributed by atoms with Crippen LogP contribution in [0.3, 0.4) is 0 Å². The van der Waals surface area contributed by atoms with Gasteiger partial charge in [0.15, 0.2) is 29.1 Å². The molecular weight excluding hydrogens is 588 g/mol. The molecular formula is C34H37F2NO6S. The quantitative estimate of drug-likeness (QED) is 0.424. The molecule has 234 valence electrons. The van der Waals surface area contributed by atoms with Gasteiger partial charge in [-0.25, -0.2) is 8.78 Å². The number of aliphatic hydroxyl groups is 1. The average Bonchev–Trinajstić information content (AvgIpc) is 3.65.